The molecule has 3 aromatic rings. The third kappa shape index (κ3) is 5.47. The van der Waals surface area contributed by atoms with Crippen LogP contribution in [0, 0.1) is 13.8 Å². The van der Waals surface area contributed by atoms with Crippen molar-refractivity contribution < 1.29 is 35.9 Å². The molecule has 196 valence electrons. The quantitative estimate of drug-likeness (QED) is 0.362. The lowest BCUT2D eigenvalue weighted by molar-refractivity contribution is -0.173. The molecule has 0 aliphatic carbocycles. The van der Waals surface area contributed by atoms with Gasteiger partial charge >= 0.3 is 12.4 Å². The van der Waals surface area contributed by atoms with Gasteiger partial charge in [0.15, 0.2) is 0 Å². The summed E-state index contributed by atoms with van der Waals surface area (Å²) in [5.74, 6) is -1.21. The van der Waals surface area contributed by atoms with Crippen LogP contribution >= 0.6 is 0 Å². The number of alkyl halides is 6. The van der Waals surface area contributed by atoms with Crippen LogP contribution in [0.1, 0.15) is 55.5 Å². The molecule has 3 rings (SSSR count). The maximum Gasteiger partial charge on any atom is 0.416 e. The van der Waals surface area contributed by atoms with E-state index in [0.717, 1.165) is 31.2 Å². The highest BCUT2D eigenvalue weighted by Crippen LogP contribution is 2.46. The van der Waals surface area contributed by atoms with E-state index in [2.05, 4.69) is 10.6 Å². The largest absolute Gasteiger partial charge is 0.416 e. The zero-order chi connectivity index (χ0) is 27.8. The van der Waals surface area contributed by atoms with E-state index < -0.39 is 35.1 Å². The Hall–Kier alpha value is -3.82. The van der Waals surface area contributed by atoms with Crippen molar-refractivity contribution in [3.05, 3.63) is 99.6 Å². The summed E-state index contributed by atoms with van der Waals surface area (Å²) < 4.78 is 82.5. The van der Waals surface area contributed by atoms with Crippen LogP contribution in [0.3, 0.4) is 0 Å². The Morgan fingerprint density at radius 2 is 1.16 bits per heavy atom. The van der Waals surface area contributed by atoms with Gasteiger partial charge in [-0.3, -0.25) is 9.59 Å². The summed E-state index contributed by atoms with van der Waals surface area (Å²) in [5, 5.41) is 4.82. The fraction of sp³-hybridized carbons (Fsp3) is 0.259. The summed E-state index contributed by atoms with van der Waals surface area (Å²) in [7, 11) is 1.41. The molecule has 0 fully saturated rings. The molecule has 0 saturated carbocycles. The van der Waals surface area contributed by atoms with Gasteiger partial charge < -0.3 is 10.6 Å². The lowest BCUT2D eigenvalue weighted by atomic mass is 9.75. The maximum atomic E-state index is 14.3. The van der Waals surface area contributed by atoms with Crippen molar-refractivity contribution in [3.63, 3.8) is 0 Å². The number of aryl methyl sites for hydroxylation is 1. The topological polar surface area (TPSA) is 58.2 Å². The van der Waals surface area contributed by atoms with Crippen LogP contribution < -0.4 is 10.6 Å². The maximum absolute atomic E-state index is 14.3. The summed E-state index contributed by atoms with van der Waals surface area (Å²) in [5.41, 5.74) is -2.78. The number of hydrogen-bond acceptors (Lipinski definition) is 2. The number of nitrogens with one attached hydrogen (secondary N) is 2. The molecular formula is C27H24F6N2O2. The number of carbonyl (C=O) groups is 2. The van der Waals surface area contributed by atoms with Crippen molar-refractivity contribution in [2.24, 2.45) is 0 Å². The highest BCUT2D eigenvalue weighted by Gasteiger charge is 2.53. The van der Waals surface area contributed by atoms with Gasteiger partial charge in [0, 0.05) is 23.9 Å². The highest BCUT2D eigenvalue weighted by molar-refractivity contribution is 6.04. The second kappa shape index (κ2) is 9.91. The van der Waals surface area contributed by atoms with E-state index in [1.54, 1.807) is 6.92 Å². The number of anilines is 1. The van der Waals surface area contributed by atoms with Crippen LogP contribution in [-0.4, -0.2) is 25.0 Å². The van der Waals surface area contributed by atoms with Crippen LogP contribution in [0.2, 0.25) is 0 Å². The van der Waals surface area contributed by atoms with Gasteiger partial charge in [-0.1, -0.05) is 24.3 Å². The number of amides is 2. The standard InChI is InChI=1S/C27H24F6N2O2/c1-15-13-21(26(28,29)30)14-22(16(15)2)35-24(37)18-7-11-20(12-8-18)25(3,27(31,32)33)19-9-5-17(6-10-19)23(36)34-4/h5-14H,1-4H3,(H,34,36)(H,35,37). The van der Waals surface area contributed by atoms with Crippen molar-refractivity contribution in [1.82, 2.24) is 5.32 Å². The Balaban J connectivity index is 1.94. The molecule has 2 N–H and O–H groups in total. The second-order valence-electron chi connectivity index (χ2n) is 8.77. The van der Waals surface area contributed by atoms with E-state index in [-0.39, 0.29) is 27.9 Å². The van der Waals surface area contributed by atoms with E-state index in [4.69, 9.17) is 0 Å². The minimum atomic E-state index is -4.72. The molecule has 0 aliphatic heterocycles. The molecule has 0 radical (unpaired) electrons. The van der Waals surface area contributed by atoms with Gasteiger partial charge in [-0.25, -0.2) is 0 Å². The first-order valence-corrected chi connectivity index (χ1v) is 11.1. The second-order valence-corrected chi connectivity index (χ2v) is 8.77. The number of benzene rings is 3. The average molecular weight is 522 g/mol. The predicted molar refractivity (Wildman–Crippen MR) is 128 cm³/mol. The minimum Gasteiger partial charge on any atom is -0.355 e. The van der Waals surface area contributed by atoms with E-state index in [9.17, 15) is 35.9 Å². The van der Waals surface area contributed by atoms with Gasteiger partial charge in [0.05, 0.1) is 5.56 Å². The van der Waals surface area contributed by atoms with Crippen molar-refractivity contribution in [2.75, 3.05) is 12.4 Å². The van der Waals surface area contributed by atoms with Crippen LogP contribution in [0.4, 0.5) is 32.0 Å². The fourth-order valence-corrected chi connectivity index (χ4v) is 3.90. The molecule has 3 aromatic carbocycles. The van der Waals surface area contributed by atoms with Crippen molar-refractivity contribution >= 4 is 17.5 Å². The number of rotatable bonds is 5. The summed E-state index contributed by atoms with van der Waals surface area (Å²) in [6.45, 7) is 4.03. The molecule has 0 aliphatic rings. The molecule has 0 saturated heterocycles. The SMILES string of the molecule is CNC(=O)c1ccc(C(C)(c2ccc(C(=O)Nc3cc(C(F)(F)F)cc(C)c3C)cc2)C(F)(F)F)cc1. The molecule has 1 atom stereocenters. The molecule has 4 nitrogen and oxygen atoms in total. The van der Waals surface area contributed by atoms with E-state index >= 15 is 0 Å². The van der Waals surface area contributed by atoms with Crippen molar-refractivity contribution in [2.45, 2.75) is 38.5 Å². The van der Waals surface area contributed by atoms with Crippen LogP contribution in [0.5, 0.6) is 0 Å². The predicted octanol–water partition coefficient (Wildman–Crippen LogP) is 6.80. The Morgan fingerprint density at radius 1 is 0.703 bits per heavy atom. The lowest BCUT2D eigenvalue weighted by Gasteiger charge is -2.33. The van der Waals surface area contributed by atoms with Gasteiger partial charge in [0.1, 0.15) is 5.41 Å². The van der Waals surface area contributed by atoms with Crippen LogP contribution in [0.15, 0.2) is 60.7 Å². The monoisotopic (exact) mass is 522 g/mol. The first-order valence-electron chi connectivity index (χ1n) is 11.1. The van der Waals surface area contributed by atoms with Gasteiger partial charge in [-0.15, -0.1) is 0 Å². The number of carbonyl (C=O) groups excluding carboxylic acids is 2. The fourth-order valence-electron chi connectivity index (χ4n) is 3.90. The zero-order valence-corrected chi connectivity index (χ0v) is 20.4. The molecule has 0 spiro atoms. The summed E-state index contributed by atoms with van der Waals surface area (Å²) in [6.07, 6.45) is -9.34. The average Bonchev–Trinajstić information content (AvgIpc) is 2.84. The first kappa shape index (κ1) is 27.8. The summed E-state index contributed by atoms with van der Waals surface area (Å²) in [4.78, 5) is 24.5. The highest BCUT2D eigenvalue weighted by atomic mass is 19.4. The van der Waals surface area contributed by atoms with Gasteiger partial charge in [-0.2, -0.15) is 26.3 Å². The Labute approximate surface area is 209 Å². The normalized spacial score (nSPS) is 13.6. The molecule has 2 amide bonds. The first-order chi connectivity index (χ1) is 17.1. The molecular weight excluding hydrogens is 498 g/mol. The smallest absolute Gasteiger partial charge is 0.355 e. The minimum absolute atomic E-state index is 0.0299. The van der Waals surface area contributed by atoms with Crippen LogP contribution in [0.25, 0.3) is 0 Å². The summed E-state index contributed by atoms with van der Waals surface area (Å²) >= 11 is 0. The molecule has 37 heavy (non-hydrogen) atoms. The zero-order valence-electron chi connectivity index (χ0n) is 20.4. The lowest BCUT2D eigenvalue weighted by Crippen LogP contribution is -2.40. The van der Waals surface area contributed by atoms with Crippen molar-refractivity contribution in [1.29, 1.82) is 0 Å². The van der Waals surface area contributed by atoms with Crippen molar-refractivity contribution in [3.8, 4) is 0 Å². The van der Waals surface area contributed by atoms with Gasteiger partial charge in [-0.05, 0) is 79.4 Å². The van der Waals surface area contributed by atoms with Gasteiger partial charge in [0.25, 0.3) is 11.8 Å². The third-order valence-corrected chi connectivity index (χ3v) is 6.49. The molecule has 0 bridgehead atoms. The Kier molecular flexibility index (Phi) is 7.44. The Bertz CT molecular complexity index is 1310. The molecule has 1 unspecified atom stereocenters. The van der Waals surface area contributed by atoms with Crippen LogP contribution in [-0.2, 0) is 11.6 Å². The Morgan fingerprint density at radius 3 is 1.57 bits per heavy atom. The number of halogens is 6. The number of hydrogen-bond donors (Lipinski definition) is 2. The van der Waals surface area contributed by atoms with E-state index in [1.807, 2.05) is 0 Å². The molecule has 0 heterocycles. The summed E-state index contributed by atoms with van der Waals surface area (Å²) in [6, 6.07) is 11.5. The molecule has 0 aromatic heterocycles. The third-order valence-electron chi connectivity index (χ3n) is 6.49. The molecule has 10 heteroatoms. The van der Waals surface area contributed by atoms with E-state index in [1.165, 1.54) is 50.4 Å². The van der Waals surface area contributed by atoms with Gasteiger partial charge in [0.2, 0.25) is 0 Å². The van der Waals surface area contributed by atoms with E-state index in [0.29, 0.717) is 11.1 Å².